The average Bonchev–Trinajstić information content (AvgIpc) is 3.16. The van der Waals surface area contributed by atoms with Gasteiger partial charge in [0, 0.05) is 25.5 Å². The van der Waals surface area contributed by atoms with Crippen LogP contribution in [0, 0.1) is 0 Å². The van der Waals surface area contributed by atoms with Crippen LogP contribution in [0.1, 0.15) is 32.8 Å². The standard InChI is InChI=1S/C20H29N5O2.HI/c1-4-21-20(23-14-11-19(26)27-16(2)3)22-13-10-17-6-8-18(9-7-17)25-15-5-12-24-25;/h5-9,12,15-16H,4,10-11,13-14H2,1-3H3,(H2,21,22,23);1H. The van der Waals surface area contributed by atoms with Gasteiger partial charge < -0.3 is 15.4 Å². The molecule has 154 valence electrons. The number of halogens is 1. The number of aliphatic imine (C=N–C) groups is 1. The minimum atomic E-state index is -0.220. The first-order valence-electron chi connectivity index (χ1n) is 9.39. The maximum atomic E-state index is 11.6. The van der Waals surface area contributed by atoms with Gasteiger partial charge in [-0.2, -0.15) is 5.10 Å². The number of hydrogen-bond donors (Lipinski definition) is 2. The molecule has 0 fully saturated rings. The lowest BCUT2D eigenvalue weighted by atomic mass is 10.1. The van der Waals surface area contributed by atoms with E-state index < -0.39 is 0 Å². The summed E-state index contributed by atoms with van der Waals surface area (Å²) in [5.74, 6) is 0.491. The molecule has 0 saturated heterocycles. The van der Waals surface area contributed by atoms with E-state index in [9.17, 15) is 4.79 Å². The fourth-order valence-electron chi connectivity index (χ4n) is 2.48. The first-order chi connectivity index (χ1) is 13.1. The number of carbonyl (C=O) groups is 1. The van der Waals surface area contributed by atoms with Crippen LogP contribution in [-0.4, -0.2) is 47.4 Å². The number of ether oxygens (including phenoxy) is 1. The monoisotopic (exact) mass is 499 g/mol. The maximum Gasteiger partial charge on any atom is 0.307 e. The number of aromatic nitrogens is 2. The molecule has 8 heteroatoms. The Labute approximate surface area is 184 Å². The lowest BCUT2D eigenvalue weighted by Crippen LogP contribution is -2.38. The summed E-state index contributed by atoms with van der Waals surface area (Å²) in [6.07, 6.45) is 4.75. The van der Waals surface area contributed by atoms with Gasteiger partial charge in [-0.3, -0.25) is 9.79 Å². The molecule has 0 atom stereocenters. The quantitative estimate of drug-likeness (QED) is 0.240. The highest BCUT2D eigenvalue weighted by Gasteiger charge is 2.05. The molecule has 0 bridgehead atoms. The van der Waals surface area contributed by atoms with Crippen LogP contribution in [0.3, 0.4) is 0 Å². The molecule has 0 spiro atoms. The van der Waals surface area contributed by atoms with Gasteiger partial charge in [0.05, 0.1) is 24.8 Å². The molecule has 0 amide bonds. The number of nitrogens with one attached hydrogen (secondary N) is 2. The summed E-state index contributed by atoms with van der Waals surface area (Å²) in [6, 6.07) is 10.2. The van der Waals surface area contributed by atoms with Crippen LogP contribution in [0.25, 0.3) is 5.69 Å². The topological polar surface area (TPSA) is 80.5 Å². The Morgan fingerprint density at radius 2 is 2.00 bits per heavy atom. The number of carbonyl (C=O) groups excluding carboxylic acids is 1. The molecule has 28 heavy (non-hydrogen) atoms. The van der Waals surface area contributed by atoms with Crippen molar-refractivity contribution in [3.63, 3.8) is 0 Å². The molecule has 0 unspecified atom stereocenters. The predicted octanol–water partition coefficient (Wildman–Crippen LogP) is 2.93. The molecule has 0 saturated carbocycles. The number of nitrogens with zero attached hydrogens (tertiary/aromatic N) is 3. The van der Waals surface area contributed by atoms with Crippen molar-refractivity contribution in [2.24, 2.45) is 4.99 Å². The Bertz CT molecular complexity index is 715. The van der Waals surface area contributed by atoms with Crippen LogP contribution in [0.4, 0.5) is 0 Å². The summed E-state index contributed by atoms with van der Waals surface area (Å²) >= 11 is 0. The SMILES string of the molecule is CCNC(=NCCC(=O)OC(C)C)NCCc1ccc(-n2cccn2)cc1.I. The summed E-state index contributed by atoms with van der Waals surface area (Å²) in [7, 11) is 0. The van der Waals surface area contributed by atoms with Crippen molar-refractivity contribution in [1.29, 1.82) is 0 Å². The number of benzene rings is 1. The third-order valence-corrected chi connectivity index (χ3v) is 3.71. The van der Waals surface area contributed by atoms with Crippen LogP contribution < -0.4 is 10.6 Å². The Kier molecular flexibility index (Phi) is 11.2. The highest BCUT2D eigenvalue weighted by Crippen LogP contribution is 2.08. The number of hydrogen-bond acceptors (Lipinski definition) is 4. The Balaban J connectivity index is 0.00000392. The van der Waals surface area contributed by atoms with Gasteiger partial charge >= 0.3 is 5.97 Å². The summed E-state index contributed by atoms with van der Waals surface area (Å²) in [4.78, 5) is 16.0. The number of guanidine groups is 1. The second kappa shape index (κ2) is 13.1. The molecule has 0 aliphatic rings. The Morgan fingerprint density at radius 1 is 1.25 bits per heavy atom. The lowest BCUT2D eigenvalue weighted by Gasteiger charge is -2.12. The predicted molar refractivity (Wildman–Crippen MR) is 123 cm³/mol. The minimum absolute atomic E-state index is 0. The minimum Gasteiger partial charge on any atom is -0.463 e. The van der Waals surface area contributed by atoms with E-state index in [-0.39, 0.29) is 42.5 Å². The van der Waals surface area contributed by atoms with Gasteiger partial charge in [-0.1, -0.05) is 12.1 Å². The first-order valence-corrected chi connectivity index (χ1v) is 9.39. The summed E-state index contributed by atoms with van der Waals surface area (Å²) < 4.78 is 6.95. The van der Waals surface area contributed by atoms with E-state index in [1.54, 1.807) is 6.20 Å². The van der Waals surface area contributed by atoms with Crippen molar-refractivity contribution in [2.45, 2.75) is 39.7 Å². The van der Waals surface area contributed by atoms with Crippen molar-refractivity contribution in [1.82, 2.24) is 20.4 Å². The van der Waals surface area contributed by atoms with Gasteiger partial charge in [-0.15, -0.1) is 24.0 Å². The van der Waals surface area contributed by atoms with Crippen molar-refractivity contribution >= 4 is 35.9 Å². The highest BCUT2D eigenvalue weighted by atomic mass is 127. The van der Waals surface area contributed by atoms with E-state index in [0.717, 1.165) is 25.2 Å². The smallest absolute Gasteiger partial charge is 0.307 e. The van der Waals surface area contributed by atoms with E-state index in [1.807, 2.05) is 37.7 Å². The van der Waals surface area contributed by atoms with Gasteiger partial charge in [-0.25, -0.2) is 4.68 Å². The molecular formula is C20H30IN5O2. The summed E-state index contributed by atoms with van der Waals surface area (Å²) in [6.45, 7) is 7.62. The molecule has 0 aliphatic carbocycles. The second-order valence-corrected chi connectivity index (χ2v) is 6.34. The van der Waals surface area contributed by atoms with E-state index in [2.05, 4.69) is 45.0 Å². The van der Waals surface area contributed by atoms with Crippen LogP contribution >= 0.6 is 24.0 Å². The molecule has 1 aromatic carbocycles. The largest absolute Gasteiger partial charge is 0.463 e. The van der Waals surface area contributed by atoms with Crippen molar-refractivity contribution in [2.75, 3.05) is 19.6 Å². The van der Waals surface area contributed by atoms with Gasteiger partial charge in [0.15, 0.2) is 5.96 Å². The van der Waals surface area contributed by atoms with Gasteiger partial charge in [0.1, 0.15) is 0 Å². The van der Waals surface area contributed by atoms with Crippen LogP contribution in [-0.2, 0) is 16.0 Å². The molecule has 2 aromatic rings. The van der Waals surface area contributed by atoms with E-state index >= 15 is 0 Å². The summed E-state index contributed by atoms with van der Waals surface area (Å²) in [5.41, 5.74) is 2.27. The molecule has 0 radical (unpaired) electrons. The molecule has 7 nitrogen and oxygen atoms in total. The zero-order chi connectivity index (χ0) is 19.5. The van der Waals surface area contributed by atoms with Crippen LogP contribution in [0.5, 0.6) is 0 Å². The third-order valence-electron chi connectivity index (χ3n) is 3.71. The normalized spacial score (nSPS) is 11.1. The van der Waals surface area contributed by atoms with E-state index in [1.165, 1.54) is 5.56 Å². The third kappa shape index (κ3) is 8.73. The summed E-state index contributed by atoms with van der Waals surface area (Å²) in [5, 5.41) is 10.7. The Morgan fingerprint density at radius 3 is 2.61 bits per heavy atom. The zero-order valence-corrected chi connectivity index (χ0v) is 19.1. The lowest BCUT2D eigenvalue weighted by molar-refractivity contribution is -0.147. The average molecular weight is 499 g/mol. The van der Waals surface area contributed by atoms with Crippen LogP contribution in [0.2, 0.25) is 0 Å². The fourth-order valence-corrected chi connectivity index (χ4v) is 2.48. The molecule has 2 rings (SSSR count). The van der Waals surface area contributed by atoms with Gasteiger partial charge in [0.2, 0.25) is 0 Å². The molecular weight excluding hydrogens is 469 g/mol. The van der Waals surface area contributed by atoms with Crippen LogP contribution in [0.15, 0.2) is 47.7 Å². The molecule has 1 aromatic heterocycles. The number of esters is 1. The molecule has 0 aliphatic heterocycles. The van der Waals surface area contributed by atoms with E-state index in [4.69, 9.17) is 4.74 Å². The Hall–Kier alpha value is -2.10. The van der Waals surface area contributed by atoms with Crippen molar-refractivity contribution < 1.29 is 9.53 Å². The highest BCUT2D eigenvalue weighted by molar-refractivity contribution is 14.0. The second-order valence-electron chi connectivity index (χ2n) is 6.34. The van der Waals surface area contributed by atoms with Crippen molar-refractivity contribution in [3.05, 3.63) is 48.3 Å². The first kappa shape index (κ1) is 23.9. The number of rotatable bonds is 9. The maximum absolute atomic E-state index is 11.6. The molecule has 1 heterocycles. The van der Waals surface area contributed by atoms with Crippen molar-refractivity contribution in [3.8, 4) is 5.69 Å². The van der Waals surface area contributed by atoms with Gasteiger partial charge in [0.25, 0.3) is 0 Å². The molecule has 2 N–H and O–H groups in total. The zero-order valence-electron chi connectivity index (χ0n) is 16.7. The van der Waals surface area contributed by atoms with Gasteiger partial charge in [-0.05, 0) is 51.0 Å². The fraction of sp³-hybridized carbons (Fsp3) is 0.450. The van der Waals surface area contributed by atoms with E-state index in [0.29, 0.717) is 12.5 Å².